The second kappa shape index (κ2) is 5.02. The van der Waals surface area contributed by atoms with E-state index in [-0.39, 0.29) is 5.54 Å². The van der Waals surface area contributed by atoms with Crippen LogP contribution in [0.25, 0.3) is 0 Å². The van der Waals surface area contributed by atoms with Crippen molar-refractivity contribution in [2.24, 2.45) is 17.1 Å². The van der Waals surface area contributed by atoms with E-state index < -0.39 is 10.1 Å². The minimum Gasteiger partial charge on any atom is -0.325 e. The van der Waals surface area contributed by atoms with E-state index >= 15 is 0 Å². The lowest BCUT2D eigenvalue weighted by molar-refractivity contribution is 0.119. The van der Waals surface area contributed by atoms with Crippen LogP contribution < -0.4 is 5.73 Å². The Labute approximate surface area is 99.4 Å². The summed E-state index contributed by atoms with van der Waals surface area (Å²) in [6, 6.07) is 0. The van der Waals surface area contributed by atoms with Gasteiger partial charge in [0.25, 0.3) is 10.1 Å². The van der Waals surface area contributed by atoms with Crippen molar-refractivity contribution in [3.63, 3.8) is 0 Å². The quantitative estimate of drug-likeness (QED) is 0.646. The monoisotopic (exact) mass is 251 g/mol. The Morgan fingerprint density at radius 3 is 1.88 bits per heavy atom. The first-order chi connectivity index (χ1) is 6.81. The van der Waals surface area contributed by atoms with Gasteiger partial charge >= 0.3 is 0 Å². The fourth-order valence-corrected chi connectivity index (χ4v) is 3.05. The van der Waals surface area contributed by atoms with Gasteiger partial charge in [-0.3, -0.25) is 4.55 Å². The zero-order valence-corrected chi connectivity index (χ0v) is 11.8. The van der Waals surface area contributed by atoms with Gasteiger partial charge in [-0.1, -0.05) is 20.8 Å². The average molecular weight is 251 g/mol. The third-order valence-electron chi connectivity index (χ3n) is 2.60. The van der Waals surface area contributed by atoms with E-state index in [0.29, 0.717) is 11.7 Å². The largest absolute Gasteiger partial charge is 0.325 e. The molecule has 0 radical (unpaired) electrons. The van der Waals surface area contributed by atoms with Gasteiger partial charge in [-0.25, -0.2) is 0 Å². The maximum absolute atomic E-state index is 9.19. The van der Waals surface area contributed by atoms with Crippen molar-refractivity contribution in [2.75, 3.05) is 6.26 Å². The van der Waals surface area contributed by atoms with Crippen LogP contribution in [0, 0.1) is 11.3 Å². The maximum Gasteiger partial charge on any atom is 0.261 e. The lowest BCUT2D eigenvalue weighted by Crippen LogP contribution is -2.46. The van der Waals surface area contributed by atoms with E-state index in [4.69, 9.17) is 10.3 Å². The Bertz CT molecular complexity index is 296. The first-order valence-corrected chi connectivity index (χ1v) is 7.37. The summed E-state index contributed by atoms with van der Waals surface area (Å²) in [7, 11) is -3.67. The highest BCUT2D eigenvalue weighted by Crippen LogP contribution is 2.42. The van der Waals surface area contributed by atoms with Gasteiger partial charge in [0.15, 0.2) is 0 Å². The Balaban J connectivity index is 0.000000385. The second-order valence-electron chi connectivity index (χ2n) is 6.24. The lowest BCUT2D eigenvalue weighted by atomic mass is 9.65. The number of rotatable bonds is 0. The molecule has 16 heavy (non-hydrogen) atoms. The molecule has 2 atom stereocenters. The molecule has 3 N–H and O–H groups in total. The van der Waals surface area contributed by atoms with E-state index in [1.807, 2.05) is 0 Å². The first kappa shape index (κ1) is 15.9. The highest BCUT2D eigenvalue weighted by atomic mass is 32.2. The van der Waals surface area contributed by atoms with Gasteiger partial charge in [0.05, 0.1) is 6.26 Å². The van der Waals surface area contributed by atoms with Crippen LogP contribution in [-0.4, -0.2) is 24.8 Å². The van der Waals surface area contributed by atoms with Gasteiger partial charge in [-0.05, 0) is 37.5 Å². The van der Waals surface area contributed by atoms with Gasteiger partial charge in [0.2, 0.25) is 0 Å². The predicted molar refractivity (Wildman–Crippen MR) is 66.9 cm³/mol. The molecular formula is C11H25NO3S. The molecule has 4 nitrogen and oxygen atoms in total. The van der Waals surface area contributed by atoms with Crippen molar-refractivity contribution in [1.29, 1.82) is 0 Å². The van der Waals surface area contributed by atoms with Crippen LogP contribution in [0.3, 0.4) is 0 Å². The molecule has 1 aliphatic rings. The highest BCUT2D eigenvalue weighted by Gasteiger charge is 2.36. The third-order valence-corrected chi connectivity index (χ3v) is 2.60. The Morgan fingerprint density at radius 1 is 1.25 bits per heavy atom. The summed E-state index contributed by atoms with van der Waals surface area (Å²) in [5, 5.41) is 0. The summed E-state index contributed by atoms with van der Waals surface area (Å²) in [5.41, 5.74) is 6.69. The minimum absolute atomic E-state index is 0.0845. The molecule has 98 valence electrons. The molecule has 0 aromatic heterocycles. The number of hydrogen-bond acceptors (Lipinski definition) is 3. The average Bonchev–Trinajstić information content (AvgIpc) is 1.69. The molecule has 0 aromatic rings. The molecule has 0 amide bonds. The van der Waals surface area contributed by atoms with Crippen molar-refractivity contribution < 1.29 is 13.0 Å². The highest BCUT2D eigenvalue weighted by molar-refractivity contribution is 7.85. The molecule has 0 aliphatic heterocycles. The topological polar surface area (TPSA) is 80.4 Å². The van der Waals surface area contributed by atoms with Crippen LogP contribution in [-0.2, 0) is 10.1 Å². The van der Waals surface area contributed by atoms with E-state index in [9.17, 15) is 8.42 Å². The van der Waals surface area contributed by atoms with Crippen LogP contribution in [0.5, 0.6) is 0 Å². The van der Waals surface area contributed by atoms with Gasteiger partial charge in [0, 0.05) is 5.54 Å². The zero-order chi connectivity index (χ0) is 13.2. The first-order valence-electron chi connectivity index (χ1n) is 5.52. The van der Waals surface area contributed by atoms with Gasteiger partial charge in [-0.15, -0.1) is 0 Å². The molecule has 0 heterocycles. The zero-order valence-electron chi connectivity index (χ0n) is 10.9. The van der Waals surface area contributed by atoms with Crippen molar-refractivity contribution >= 4 is 10.1 Å². The normalized spacial score (nSPS) is 33.8. The summed E-state index contributed by atoms with van der Waals surface area (Å²) in [6.07, 6.45) is 4.41. The molecule has 0 aromatic carbocycles. The lowest BCUT2D eigenvalue weighted by Gasteiger charge is -2.43. The molecule has 1 rings (SSSR count). The summed E-state index contributed by atoms with van der Waals surface area (Å²) in [6.45, 7) is 9.15. The smallest absolute Gasteiger partial charge is 0.261 e. The molecule has 1 aliphatic carbocycles. The Morgan fingerprint density at radius 2 is 1.62 bits per heavy atom. The SMILES string of the molecule is CS(=O)(=O)O.C[C@H]1CC(C)(C)C[C@@](C)(N)C1. The standard InChI is InChI=1S/C10H21N.CH4O3S/c1-8-5-9(2,3)7-10(4,11)6-8;1-5(2,3)4/h8H,5-7,11H2,1-4H3;1H3,(H,2,3,4)/t8-,10-;/m0./s1. The van der Waals surface area contributed by atoms with E-state index in [2.05, 4.69) is 27.7 Å². The molecule has 1 fully saturated rings. The maximum atomic E-state index is 9.19. The third kappa shape index (κ3) is 9.12. The molecule has 0 bridgehead atoms. The summed E-state index contributed by atoms with van der Waals surface area (Å²) >= 11 is 0. The van der Waals surface area contributed by atoms with Crippen LogP contribution in [0.4, 0.5) is 0 Å². The molecule has 0 unspecified atom stereocenters. The molecule has 5 heteroatoms. The Kier molecular flexibility index (Phi) is 4.98. The summed E-state index contributed by atoms with van der Waals surface area (Å²) in [5.74, 6) is 0.800. The molecule has 0 spiro atoms. The number of nitrogens with two attached hydrogens (primary N) is 1. The van der Waals surface area contributed by atoms with Crippen molar-refractivity contribution in [1.82, 2.24) is 0 Å². The van der Waals surface area contributed by atoms with Crippen molar-refractivity contribution in [3.8, 4) is 0 Å². The fraction of sp³-hybridized carbons (Fsp3) is 1.00. The van der Waals surface area contributed by atoms with Crippen LogP contribution in [0.15, 0.2) is 0 Å². The molecule has 1 saturated carbocycles. The predicted octanol–water partition coefficient (Wildman–Crippen LogP) is 2.05. The number of hydrogen-bond donors (Lipinski definition) is 2. The summed E-state index contributed by atoms with van der Waals surface area (Å²) in [4.78, 5) is 0. The Hall–Kier alpha value is -0.130. The molecule has 0 saturated heterocycles. The van der Waals surface area contributed by atoms with Crippen LogP contribution in [0.1, 0.15) is 47.0 Å². The second-order valence-corrected chi connectivity index (χ2v) is 7.71. The van der Waals surface area contributed by atoms with Crippen molar-refractivity contribution in [2.45, 2.75) is 52.5 Å². The summed E-state index contributed by atoms with van der Waals surface area (Å²) < 4.78 is 25.9. The van der Waals surface area contributed by atoms with Gasteiger partial charge < -0.3 is 5.73 Å². The fourth-order valence-electron chi connectivity index (χ4n) is 3.05. The van der Waals surface area contributed by atoms with Gasteiger partial charge in [-0.2, -0.15) is 8.42 Å². The van der Waals surface area contributed by atoms with E-state index in [1.165, 1.54) is 19.3 Å². The van der Waals surface area contributed by atoms with E-state index in [0.717, 1.165) is 5.92 Å². The molecular weight excluding hydrogens is 226 g/mol. The van der Waals surface area contributed by atoms with Crippen LogP contribution in [0.2, 0.25) is 0 Å². The van der Waals surface area contributed by atoms with Crippen molar-refractivity contribution in [3.05, 3.63) is 0 Å². The van der Waals surface area contributed by atoms with Gasteiger partial charge in [0.1, 0.15) is 0 Å². The minimum atomic E-state index is -3.67. The van der Waals surface area contributed by atoms with E-state index in [1.54, 1.807) is 0 Å². The van der Waals surface area contributed by atoms with Crippen LogP contribution >= 0.6 is 0 Å².